The Kier molecular flexibility index (Phi) is 6.58. The molecule has 2 saturated heterocycles. The highest BCUT2D eigenvalue weighted by Gasteiger charge is 2.41. The molecule has 2 aromatic carbocycles. The van der Waals surface area contributed by atoms with Crippen molar-refractivity contribution in [1.29, 1.82) is 0 Å². The first-order chi connectivity index (χ1) is 15.4. The molecule has 1 unspecified atom stereocenters. The van der Waals surface area contributed by atoms with E-state index in [0.717, 1.165) is 11.1 Å². The standard InChI is InChI=1S/C24H24ClFN2O4/c25-20-13-15(1-6-18(20)19-7-8-21(29)28-22(19)30)14-27-23(31)24(9-11-32-12-10-24)16-2-4-17(26)5-3-16/h1-6,13,19H,7-12,14H2,(H,27,31)(H,28,29,30). The second kappa shape index (κ2) is 9.38. The molecule has 168 valence electrons. The Bertz CT molecular complexity index is 1030. The Morgan fingerprint density at radius 2 is 1.88 bits per heavy atom. The number of nitrogens with one attached hydrogen (secondary N) is 2. The van der Waals surface area contributed by atoms with Crippen molar-refractivity contribution in [1.82, 2.24) is 10.6 Å². The van der Waals surface area contributed by atoms with E-state index in [1.807, 2.05) is 6.07 Å². The average Bonchev–Trinajstić information content (AvgIpc) is 2.79. The van der Waals surface area contributed by atoms with E-state index >= 15 is 0 Å². The fraction of sp³-hybridized carbons (Fsp3) is 0.375. The third kappa shape index (κ3) is 4.54. The molecule has 2 N–H and O–H groups in total. The SMILES string of the molecule is O=C1CCC(c2ccc(CNC(=O)C3(c4ccc(F)cc4)CCOCC3)cc2Cl)C(=O)N1. The first-order valence-corrected chi connectivity index (χ1v) is 11.0. The van der Waals surface area contributed by atoms with Gasteiger partial charge in [-0.3, -0.25) is 19.7 Å². The molecule has 2 aromatic rings. The van der Waals surface area contributed by atoms with Crippen LogP contribution in [0.5, 0.6) is 0 Å². The lowest BCUT2D eigenvalue weighted by Gasteiger charge is -2.36. The van der Waals surface area contributed by atoms with E-state index in [2.05, 4.69) is 10.6 Å². The molecule has 8 heteroatoms. The summed E-state index contributed by atoms with van der Waals surface area (Å²) in [6, 6.07) is 11.4. The largest absolute Gasteiger partial charge is 0.381 e. The molecular weight excluding hydrogens is 435 g/mol. The van der Waals surface area contributed by atoms with Crippen molar-refractivity contribution in [3.8, 4) is 0 Å². The highest BCUT2D eigenvalue weighted by molar-refractivity contribution is 6.31. The van der Waals surface area contributed by atoms with Crippen LogP contribution in [0.4, 0.5) is 4.39 Å². The van der Waals surface area contributed by atoms with Gasteiger partial charge in [-0.2, -0.15) is 0 Å². The van der Waals surface area contributed by atoms with Gasteiger partial charge in [0.25, 0.3) is 0 Å². The molecule has 1 atom stereocenters. The van der Waals surface area contributed by atoms with E-state index in [4.69, 9.17) is 16.3 Å². The number of piperidine rings is 1. The number of hydrogen-bond donors (Lipinski definition) is 2. The summed E-state index contributed by atoms with van der Waals surface area (Å²) >= 11 is 6.44. The zero-order valence-electron chi connectivity index (χ0n) is 17.5. The molecule has 6 nitrogen and oxygen atoms in total. The fourth-order valence-corrected chi connectivity index (χ4v) is 4.78. The average molecular weight is 459 g/mol. The van der Waals surface area contributed by atoms with Crippen molar-refractivity contribution in [2.45, 2.75) is 43.6 Å². The van der Waals surface area contributed by atoms with Gasteiger partial charge in [0.1, 0.15) is 5.82 Å². The van der Waals surface area contributed by atoms with Crippen molar-refractivity contribution in [3.63, 3.8) is 0 Å². The molecule has 2 fully saturated rings. The van der Waals surface area contributed by atoms with Crippen LogP contribution in [0.3, 0.4) is 0 Å². The number of halogens is 2. The molecule has 3 amide bonds. The highest BCUT2D eigenvalue weighted by Crippen LogP contribution is 2.36. The van der Waals surface area contributed by atoms with Crippen molar-refractivity contribution in [2.75, 3.05) is 13.2 Å². The third-order valence-corrected chi connectivity index (χ3v) is 6.64. The predicted molar refractivity (Wildman–Crippen MR) is 117 cm³/mol. The topological polar surface area (TPSA) is 84.5 Å². The summed E-state index contributed by atoms with van der Waals surface area (Å²) in [5.41, 5.74) is 1.45. The number of imide groups is 1. The molecule has 0 aliphatic carbocycles. The van der Waals surface area contributed by atoms with E-state index in [-0.39, 0.29) is 36.5 Å². The normalized spacial score (nSPS) is 20.5. The number of rotatable bonds is 5. The van der Waals surface area contributed by atoms with E-state index in [1.165, 1.54) is 12.1 Å². The van der Waals surface area contributed by atoms with Crippen LogP contribution < -0.4 is 10.6 Å². The molecule has 4 rings (SSSR count). The summed E-state index contributed by atoms with van der Waals surface area (Å²) in [5, 5.41) is 5.76. The summed E-state index contributed by atoms with van der Waals surface area (Å²) in [6.07, 6.45) is 1.72. The molecule has 2 heterocycles. The van der Waals surface area contributed by atoms with Crippen LogP contribution in [0.1, 0.15) is 48.3 Å². The van der Waals surface area contributed by atoms with Gasteiger partial charge in [-0.1, -0.05) is 35.9 Å². The fourth-order valence-electron chi connectivity index (χ4n) is 4.44. The minimum atomic E-state index is -0.775. The molecule has 0 radical (unpaired) electrons. The van der Waals surface area contributed by atoms with Gasteiger partial charge >= 0.3 is 0 Å². The van der Waals surface area contributed by atoms with Crippen LogP contribution in [0, 0.1) is 5.82 Å². The van der Waals surface area contributed by atoms with E-state index in [1.54, 1.807) is 24.3 Å². The number of hydrogen-bond acceptors (Lipinski definition) is 4. The minimum Gasteiger partial charge on any atom is -0.381 e. The zero-order chi connectivity index (χ0) is 22.7. The number of ether oxygens (including phenoxy) is 1. The lowest BCUT2D eigenvalue weighted by atomic mass is 9.73. The first-order valence-electron chi connectivity index (χ1n) is 10.6. The number of carbonyl (C=O) groups excluding carboxylic acids is 3. The van der Waals surface area contributed by atoms with Crippen LogP contribution >= 0.6 is 11.6 Å². The highest BCUT2D eigenvalue weighted by atomic mass is 35.5. The molecule has 0 bridgehead atoms. The summed E-state index contributed by atoms with van der Waals surface area (Å²) in [4.78, 5) is 36.8. The molecule has 2 aliphatic heterocycles. The maximum absolute atomic E-state index is 13.4. The van der Waals surface area contributed by atoms with Crippen LogP contribution in [-0.2, 0) is 31.1 Å². The summed E-state index contributed by atoms with van der Waals surface area (Å²) in [7, 11) is 0. The van der Waals surface area contributed by atoms with Gasteiger partial charge in [0.05, 0.1) is 11.3 Å². The van der Waals surface area contributed by atoms with Gasteiger partial charge in [0.15, 0.2) is 0 Å². The Labute approximate surface area is 190 Å². The smallest absolute Gasteiger partial charge is 0.234 e. The maximum atomic E-state index is 13.4. The first kappa shape index (κ1) is 22.4. The van der Waals surface area contributed by atoms with E-state index in [9.17, 15) is 18.8 Å². The van der Waals surface area contributed by atoms with Gasteiger partial charge in [-0.05, 0) is 54.2 Å². The molecule has 0 aromatic heterocycles. The van der Waals surface area contributed by atoms with Crippen LogP contribution in [0.25, 0.3) is 0 Å². The predicted octanol–water partition coefficient (Wildman–Crippen LogP) is 3.36. The van der Waals surface area contributed by atoms with E-state index < -0.39 is 11.3 Å². The second-order valence-corrected chi connectivity index (χ2v) is 8.65. The molecule has 32 heavy (non-hydrogen) atoms. The van der Waals surface area contributed by atoms with Gasteiger partial charge in [-0.25, -0.2) is 4.39 Å². The lowest BCUT2D eigenvalue weighted by molar-refractivity contribution is -0.134. The Morgan fingerprint density at radius 3 is 2.53 bits per heavy atom. The van der Waals surface area contributed by atoms with Gasteiger partial charge in [0, 0.05) is 31.2 Å². The molecule has 2 aliphatic rings. The Morgan fingerprint density at radius 1 is 1.16 bits per heavy atom. The van der Waals surface area contributed by atoms with Crippen LogP contribution in [0.2, 0.25) is 5.02 Å². The van der Waals surface area contributed by atoms with Gasteiger partial charge < -0.3 is 10.1 Å². The number of carbonyl (C=O) groups is 3. The van der Waals surface area contributed by atoms with Crippen molar-refractivity contribution < 1.29 is 23.5 Å². The Hall–Kier alpha value is -2.77. The molecular formula is C24H24ClFN2O4. The van der Waals surface area contributed by atoms with Gasteiger partial charge in [0.2, 0.25) is 17.7 Å². The van der Waals surface area contributed by atoms with Crippen molar-refractivity contribution in [2.24, 2.45) is 0 Å². The second-order valence-electron chi connectivity index (χ2n) is 8.24. The minimum absolute atomic E-state index is 0.141. The number of amides is 3. The summed E-state index contributed by atoms with van der Waals surface area (Å²) in [5.74, 6) is -1.57. The molecule has 0 spiro atoms. The maximum Gasteiger partial charge on any atom is 0.234 e. The monoisotopic (exact) mass is 458 g/mol. The molecule has 0 saturated carbocycles. The van der Waals surface area contributed by atoms with Gasteiger partial charge in [-0.15, -0.1) is 0 Å². The quantitative estimate of drug-likeness (QED) is 0.673. The Balaban J connectivity index is 1.48. The van der Waals surface area contributed by atoms with Crippen molar-refractivity contribution >= 4 is 29.3 Å². The third-order valence-electron chi connectivity index (χ3n) is 6.31. The number of benzene rings is 2. The van der Waals surface area contributed by atoms with E-state index in [0.29, 0.717) is 43.1 Å². The lowest BCUT2D eigenvalue weighted by Crippen LogP contribution is -2.47. The van der Waals surface area contributed by atoms with Crippen LogP contribution in [0.15, 0.2) is 42.5 Å². The summed E-state index contributed by atoms with van der Waals surface area (Å²) < 4.78 is 18.9. The van der Waals surface area contributed by atoms with Crippen molar-refractivity contribution in [3.05, 3.63) is 70.0 Å². The van der Waals surface area contributed by atoms with Crippen LogP contribution in [-0.4, -0.2) is 30.9 Å². The summed E-state index contributed by atoms with van der Waals surface area (Å²) in [6.45, 7) is 1.17. The zero-order valence-corrected chi connectivity index (χ0v) is 18.2.